The van der Waals surface area contributed by atoms with Crippen LogP contribution in [0.3, 0.4) is 0 Å². The van der Waals surface area contributed by atoms with E-state index in [1.165, 1.54) is 6.42 Å². The van der Waals surface area contributed by atoms with Gasteiger partial charge in [-0.05, 0) is 51.5 Å². The van der Waals surface area contributed by atoms with Gasteiger partial charge in [-0.1, -0.05) is 6.08 Å². The van der Waals surface area contributed by atoms with Crippen molar-refractivity contribution in [1.82, 2.24) is 14.8 Å². The van der Waals surface area contributed by atoms with Crippen molar-refractivity contribution in [2.45, 2.75) is 25.4 Å². The van der Waals surface area contributed by atoms with E-state index in [2.05, 4.69) is 28.4 Å². The van der Waals surface area contributed by atoms with Gasteiger partial charge in [-0.2, -0.15) is 5.26 Å². The van der Waals surface area contributed by atoms with Gasteiger partial charge < -0.3 is 9.64 Å². The molecule has 2 heterocycles. The lowest BCUT2D eigenvalue weighted by Gasteiger charge is -2.26. The lowest BCUT2D eigenvalue weighted by molar-refractivity contribution is 0.127. The topological polar surface area (TPSA) is 52.4 Å². The molecule has 0 saturated carbocycles. The van der Waals surface area contributed by atoms with Crippen LogP contribution in [0.25, 0.3) is 0 Å². The molecule has 1 aliphatic rings. The van der Waals surface area contributed by atoms with E-state index in [4.69, 9.17) is 10.00 Å². The highest BCUT2D eigenvalue weighted by atomic mass is 16.5. The van der Waals surface area contributed by atoms with Crippen molar-refractivity contribution < 1.29 is 4.74 Å². The first kappa shape index (κ1) is 17.5. The molecule has 0 spiro atoms. The van der Waals surface area contributed by atoms with E-state index >= 15 is 0 Å². The summed E-state index contributed by atoms with van der Waals surface area (Å²) in [4.78, 5) is 8.94. The van der Waals surface area contributed by atoms with Gasteiger partial charge in [0.25, 0.3) is 0 Å². The molecule has 2 rings (SSSR count). The number of nitrogens with zero attached hydrogens (tertiary/aromatic N) is 4. The van der Waals surface area contributed by atoms with E-state index in [0.717, 1.165) is 51.3 Å². The number of hydrogen-bond donors (Lipinski definition) is 0. The fourth-order valence-corrected chi connectivity index (χ4v) is 2.77. The number of pyridine rings is 1. The second kappa shape index (κ2) is 9.29. The second-order valence-corrected chi connectivity index (χ2v) is 6.05. The maximum Gasteiger partial charge on any atom is 0.140 e. The number of likely N-dealkylation sites (N-methyl/N-ethyl adjacent to an activating group) is 1. The summed E-state index contributed by atoms with van der Waals surface area (Å²) in [5, 5.41) is 8.82. The van der Waals surface area contributed by atoms with Crippen molar-refractivity contribution in [3.05, 3.63) is 36.7 Å². The molecule has 5 nitrogen and oxygen atoms in total. The Hall–Kier alpha value is -1.90. The Morgan fingerprint density at radius 1 is 1.39 bits per heavy atom. The van der Waals surface area contributed by atoms with Gasteiger partial charge in [0.05, 0.1) is 6.20 Å². The summed E-state index contributed by atoms with van der Waals surface area (Å²) in [5.41, 5.74) is 0.413. The van der Waals surface area contributed by atoms with Gasteiger partial charge in [0.2, 0.25) is 0 Å². The molecular formula is C18H26N4O. The third-order valence-corrected chi connectivity index (χ3v) is 4.12. The van der Waals surface area contributed by atoms with Crippen LogP contribution in [-0.2, 0) is 0 Å². The van der Waals surface area contributed by atoms with Crippen LogP contribution in [-0.4, -0.2) is 60.7 Å². The minimum absolute atomic E-state index is 0.117. The average Bonchev–Trinajstić information content (AvgIpc) is 2.78. The van der Waals surface area contributed by atoms with Crippen molar-refractivity contribution in [2.24, 2.45) is 0 Å². The third-order valence-electron chi connectivity index (χ3n) is 4.12. The Bertz CT molecular complexity index is 523. The average molecular weight is 314 g/mol. The predicted molar refractivity (Wildman–Crippen MR) is 91.4 cm³/mol. The highest BCUT2D eigenvalue weighted by Gasteiger charge is 2.18. The van der Waals surface area contributed by atoms with E-state index in [-0.39, 0.29) is 6.10 Å². The van der Waals surface area contributed by atoms with Crippen molar-refractivity contribution in [3.63, 3.8) is 0 Å². The molecule has 124 valence electrons. The van der Waals surface area contributed by atoms with Crippen LogP contribution in [0.2, 0.25) is 0 Å². The van der Waals surface area contributed by atoms with Gasteiger partial charge in [0, 0.05) is 19.6 Å². The van der Waals surface area contributed by atoms with E-state index < -0.39 is 0 Å². The van der Waals surface area contributed by atoms with E-state index in [1.54, 1.807) is 12.3 Å². The SMILES string of the molecule is C=CCC[C@H](CN1CCCN(C)CC1)Oc1ccc(C#N)nc1. The van der Waals surface area contributed by atoms with Gasteiger partial charge in [0.15, 0.2) is 0 Å². The molecule has 1 fully saturated rings. The fourth-order valence-electron chi connectivity index (χ4n) is 2.77. The molecule has 1 aromatic rings. The number of rotatable bonds is 7. The summed E-state index contributed by atoms with van der Waals surface area (Å²) in [6.07, 6.45) is 6.76. The summed E-state index contributed by atoms with van der Waals surface area (Å²) in [5.74, 6) is 0.727. The summed E-state index contributed by atoms with van der Waals surface area (Å²) >= 11 is 0. The molecule has 0 radical (unpaired) electrons. The zero-order valence-corrected chi connectivity index (χ0v) is 13.9. The van der Waals surface area contributed by atoms with Crippen molar-refractivity contribution in [3.8, 4) is 11.8 Å². The highest BCUT2D eigenvalue weighted by Crippen LogP contribution is 2.15. The van der Waals surface area contributed by atoms with E-state index in [9.17, 15) is 0 Å². The standard InChI is InChI=1S/C18H26N4O/c1-3-4-6-18(15-22-10-5-9-21(2)11-12-22)23-17-8-7-16(13-19)20-14-17/h3,7-8,14,18H,1,4-6,9-12,15H2,2H3/t18-/m1/s1. The molecule has 1 aliphatic heterocycles. The van der Waals surface area contributed by atoms with E-state index in [1.807, 2.05) is 18.2 Å². The van der Waals surface area contributed by atoms with Crippen LogP contribution in [0.15, 0.2) is 31.0 Å². The molecule has 0 aliphatic carbocycles. The molecule has 0 amide bonds. The molecular weight excluding hydrogens is 288 g/mol. The second-order valence-electron chi connectivity index (χ2n) is 6.05. The van der Waals surface area contributed by atoms with E-state index in [0.29, 0.717) is 5.69 Å². The van der Waals surface area contributed by atoms with Gasteiger partial charge in [-0.3, -0.25) is 4.90 Å². The Morgan fingerprint density at radius 3 is 2.96 bits per heavy atom. The molecule has 0 aromatic carbocycles. The quantitative estimate of drug-likeness (QED) is 0.723. The Morgan fingerprint density at radius 2 is 2.26 bits per heavy atom. The molecule has 0 unspecified atom stereocenters. The summed E-state index contributed by atoms with van der Waals surface area (Å²) in [7, 11) is 2.18. The summed E-state index contributed by atoms with van der Waals surface area (Å²) in [6, 6.07) is 5.54. The van der Waals surface area contributed by atoms with Crippen molar-refractivity contribution in [2.75, 3.05) is 39.8 Å². The van der Waals surface area contributed by atoms with Gasteiger partial charge in [0.1, 0.15) is 23.6 Å². The van der Waals surface area contributed by atoms with Crippen LogP contribution >= 0.6 is 0 Å². The number of allylic oxidation sites excluding steroid dienone is 1. The van der Waals surface area contributed by atoms with Crippen molar-refractivity contribution in [1.29, 1.82) is 5.26 Å². The smallest absolute Gasteiger partial charge is 0.140 e. The van der Waals surface area contributed by atoms with Crippen molar-refractivity contribution >= 4 is 0 Å². The number of hydrogen-bond acceptors (Lipinski definition) is 5. The Labute approximate surface area is 139 Å². The molecule has 0 bridgehead atoms. The first-order valence-corrected chi connectivity index (χ1v) is 8.26. The summed E-state index contributed by atoms with van der Waals surface area (Å²) < 4.78 is 6.11. The number of ether oxygens (including phenoxy) is 1. The lowest BCUT2D eigenvalue weighted by Crippen LogP contribution is -2.37. The first-order chi connectivity index (χ1) is 11.2. The van der Waals surface area contributed by atoms with Crippen LogP contribution < -0.4 is 4.74 Å². The maximum absolute atomic E-state index is 8.82. The minimum Gasteiger partial charge on any atom is -0.487 e. The number of nitriles is 1. The van der Waals surface area contributed by atoms with Crippen LogP contribution in [0, 0.1) is 11.3 Å². The first-order valence-electron chi connectivity index (χ1n) is 8.26. The minimum atomic E-state index is 0.117. The molecule has 0 N–H and O–H groups in total. The predicted octanol–water partition coefficient (Wildman–Crippen LogP) is 2.30. The largest absolute Gasteiger partial charge is 0.487 e. The van der Waals surface area contributed by atoms with Crippen LogP contribution in [0.5, 0.6) is 5.75 Å². The molecule has 5 heteroatoms. The number of aromatic nitrogens is 1. The highest BCUT2D eigenvalue weighted by molar-refractivity contribution is 5.26. The third kappa shape index (κ3) is 6.01. The molecule has 1 atom stereocenters. The monoisotopic (exact) mass is 314 g/mol. The molecule has 1 saturated heterocycles. The van der Waals surface area contributed by atoms with Gasteiger partial charge in [-0.25, -0.2) is 4.98 Å². The normalized spacial score (nSPS) is 17.9. The van der Waals surface area contributed by atoms with Crippen LogP contribution in [0.1, 0.15) is 25.0 Å². The molecule has 23 heavy (non-hydrogen) atoms. The van der Waals surface area contributed by atoms with Crippen LogP contribution in [0.4, 0.5) is 0 Å². The maximum atomic E-state index is 8.82. The zero-order chi connectivity index (χ0) is 16.5. The Balaban J connectivity index is 1.95. The van der Waals surface area contributed by atoms with Gasteiger partial charge >= 0.3 is 0 Å². The Kier molecular flexibility index (Phi) is 7.05. The van der Waals surface area contributed by atoms with Gasteiger partial charge in [-0.15, -0.1) is 6.58 Å². The molecule has 1 aromatic heterocycles. The lowest BCUT2D eigenvalue weighted by atomic mass is 10.1. The fraction of sp³-hybridized carbons (Fsp3) is 0.556. The zero-order valence-electron chi connectivity index (χ0n) is 13.9. The summed E-state index contributed by atoms with van der Waals surface area (Å²) in [6.45, 7) is 9.19.